The molecule has 0 fully saturated rings. The fourth-order valence-electron chi connectivity index (χ4n) is 4.99. The third-order valence-electron chi connectivity index (χ3n) is 7.95. The maximum Gasteiger partial charge on any atom is 0.343 e. The summed E-state index contributed by atoms with van der Waals surface area (Å²) in [5.74, 6) is -2.02. The Kier molecular flexibility index (Phi) is 12.2. The largest absolute Gasteiger partial charge is 0.462 e. The van der Waals surface area contributed by atoms with Crippen molar-refractivity contribution in [2.75, 3.05) is 6.61 Å². The number of rotatable bonds is 16. The van der Waals surface area contributed by atoms with Crippen LogP contribution in [0.1, 0.15) is 82.6 Å². The summed E-state index contributed by atoms with van der Waals surface area (Å²) in [5.41, 5.74) is 0.0103. The van der Waals surface area contributed by atoms with Crippen molar-refractivity contribution in [3.8, 4) is 11.5 Å². The van der Waals surface area contributed by atoms with Gasteiger partial charge in [0, 0.05) is 42.5 Å². The lowest BCUT2D eigenvalue weighted by Crippen LogP contribution is -2.18. The average Bonchev–Trinajstić information content (AvgIpc) is 3.11. The number of hydrogen-bond acceptors (Lipinski definition) is 12. The highest BCUT2D eigenvalue weighted by atomic mass is 16.6. The molecule has 0 saturated heterocycles. The Labute approximate surface area is 291 Å². The van der Waals surface area contributed by atoms with Gasteiger partial charge in [-0.1, -0.05) is 33.1 Å². The van der Waals surface area contributed by atoms with Gasteiger partial charge in [0.15, 0.2) is 0 Å². The van der Waals surface area contributed by atoms with E-state index in [-0.39, 0.29) is 51.9 Å². The average molecular weight is 700 g/mol. The van der Waals surface area contributed by atoms with E-state index in [0.29, 0.717) is 18.4 Å². The minimum atomic E-state index is -0.790. The first-order chi connectivity index (χ1) is 24.2. The van der Waals surface area contributed by atoms with Crippen molar-refractivity contribution in [3.63, 3.8) is 0 Å². The predicted molar refractivity (Wildman–Crippen MR) is 182 cm³/mol. The maximum atomic E-state index is 12.9. The molecule has 0 heterocycles. The number of carbonyl (C=O) groups is 3. The molecule has 264 valence electrons. The molecule has 0 aliphatic rings. The highest BCUT2D eigenvalue weighted by molar-refractivity contribution is 5.92. The topological polar surface area (TPSA) is 208 Å². The molecule has 0 atom stereocenters. The Morgan fingerprint density at radius 2 is 0.922 bits per heavy atom. The van der Waals surface area contributed by atoms with E-state index in [1.54, 1.807) is 12.1 Å². The quantitative estimate of drug-likeness (QED) is 0.0359. The lowest BCUT2D eigenvalue weighted by molar-refractivity contribution is -0.385. The number of unbranched alkanes of at least 4 members (excludes halogenated alkanes) is 3. The summed E-state index contributed by atoms with van der Waals surface area (Å²) in [7, 11) is 0. The summed E-state index contributed by atoms with van der Waals surface area (Å²) in [4.78, 5) is 69.2. The van der Waals surface area contributed by atoms with Gasteiger partial charge in [0.1, 0.15) is 11.5 Å². The molecule has 0 N–H and O–H groups in total. The molecule has 0 spiro atoms. The SMILES string of the molecule is CC(C)(CCCCCCOC(=O)c1ccc([N+](=O)[O-])cc1)c1cc(OC(=O)c2ccc([N+](=O)[O-])cc2)cc(OC(=O)c2ccc([N+](=O)[O-])cc2)c1. The molecule has 0 saturated carbocycles. The van der Waals surface area contributed by atoms with Gasteiger partial charge < -0.3 is 14.2 Å². The van der Waals surface area contributed by atoms with Crippen molar-refractivity contribution in [2.24, 2.45) is 0 Å². The number of benzene rings is 4. The number of carbonyl (C=O) groups excluding carboxylic acids is 3. The Hall–Kier alpha value is -6.51. The molecule has 4 rings (SSSR count). The minimum absolute atomic E-state index is 0.0604. The van der Waals surface area contributed by atoms with Crippen molar-refractivity contribution in [3.05, 3.63) is 144 Å². The minimum Gasteiger partial charge on any atom is -0.462 e. The zero-order valence-corrected chi connectivity index (χ0v) is 27.6. The predicted octanol–water partition coefficient (Wildman–Crippen LogP) is 7.93. The van der Waals surface area contributed by atoms with Crippen molar-refractivity contribution < 1.29 is 43.4 Å². The molecule has 15 heteroatoms. The second-order valence-electron chi connectivity index (χ2n) is 12.1. The fourth-order valence-corrected chi connectivity index (χ4v) is 4.99. The summed E-state index contributed by atoms with van der Waals surface area (Å²) < 4.78 is 16.5. The summed E-state index contributed by atoms with van der Waals surface area (Å²) in [6.07, 6.45) is 3.61. The first-order valence-corrected chi connectivity index (χ1v) is 15.7. The number of nitro benzene ring substituents is 3. The van der Waals surface area contributed by atoms with Crippen LogP contribution in [0.2, 0.25) is 0 Å². The van der Waals surface area contributed by atoms with E-state index in [1.165, 1.54) is 78.9 Å². The molecular weight excluding hydrogens is 666 g/mol. The van der Waals surface area contributed by atoms with Crippen LogP contribution in [0.3, 0.4) is 0 Å². The van der Waals surface area contributed by atoms with Crippen LogP contribution in [0.4, 0.5) is 17.1 Å². The van der Waals surface area contributed by atoms with Gasteiger partial charge in [-0.3, -0.25) is 30.3 Å². The first-order valence-electron chi connectivity index (χ1n) is 15.7. The number of non-ortho nitro benzene ring substituents is 3. The summed E-state index contributed by atoms with van der Waals surface area (Å²) in [6.45, 7) is 4.13. The molecule has 0 aromatic heterocycles. The van der Waals surface area contributed by atoms with Crippen molar-refractivity contribution >= 4 is 35.0 Å². The molecule has 0 unspecified atom stereocenters. The lowest BCUT2D eigenvalue weighted by Gasteiger charge is -2.26. The monoisotopic (exact) mass is 699 g/mol. The maximum absolute atomic E-state index is 12.9. The number of nitrogens with zero attached hydrogens (tertiary/aromatic N) is 3. The first kappa shape index (κ1) is 37.3. The van der Waals surface area contributed by atoms with Gasteiger partial charge in [-0.2, -0.15) is 0 Å². The molecule has 0 radical (unpaired) electrons. The van der Waals surface area contributed by atoms with Crippen LogP contribution < -0.4 is 9.47 Å². The number of esters is 3. The van der Waals surface area contributed by atoms with Crippen LogP contribution >= 0.6 is 0 Å². The van der Waals surface area contributed by atoms with Crippen LogP contribution in [-0.4, -0.2) is 39.3 Å². The van der Waals surface area contributed by atoms with E-state index in [4.69, 9.17) is 14.2 Å². The molecule has 0 amide bonds. The van der Waals surface area contributed by atoms with E-state index in [9.17, 15) is 44.7 Å². The van der Waals surface area contributed by atoms with E-state index < -0.39 is 38.1 Å². The standard InChI is InChI=1S/C36H33N3O12/c1-36(2,19-5-3-4-6-20-49-33(40)24-7-13-28(14-8-24)37(43)44)27-21-31(50-34(41)25-9-15-29(16-10-25)38(45)46)23-32(22-27)51-35(42)26-11-17-30(18-12-26)39(47)48/h7-18,21-23H,3-6,19-20H2,1-2H3. The highest BCUT2D eigenvalue weighted by Crippen LogP contribution is 2.35. The van der Waals surface area contributed by atoms with Crippen molar-refractivity contribution in [2.45, 2.75) is 51.4 Å². The molecule has 51 heavy (non-hydrogen) atoms. The summed E-state index contributed by atoms with van der Waals surface area (Å²) in [5, 5.41) is 32.8. The zero-order chi connectivity index (χ0) is 37.1. The van der Waals surface area contributed by atoms with Gasteiger partial charge >= 0.3 is 17.9 Å². The summed E-state index contributed by atoms with van der Waals surface area (Å²) in [6, 6.07) is 19.6. The number of hydrogen-bond donors (Lipinski definition) is 0. The fraction of sp³-hybridized carbons (Fsp3) is 0.250. The lowest BCUT2D eigenvalue weighted by atomic mass is 9.80. The highest BCUT2D eigenvalue weighted by Gasteiger charge is 2.24. The van der Waals surface area contributed by atoms with Crippen LogP contribution in [0.5, 0.6) is 11.5 Å². The van der Waals surface area contributed by atoms with E-state index >= 15 is 0 Å². The zero-order valence-electron chi connectivity index (χ0n) is 27.6. The van der Waals surface area contributed by atoms with Crippen LogP contribution in [0, 0.1) is 30.3 Å². The van der Waals surface area contributed by atoms with Gasteiger partial charge in [0.25, 0.3) is 17.1 Å². The van der Waals surface area contributed by atoms with E-state index in [0.717, 1.165) is 19.3 Å². The van der Waals surface area contributed by atoms with Gasteiger partial charge in [-0.25, -0.2) is 14.4 Å². The van der Waals surface area contributed by atoms with Crippen molar-refractivity contribution in [1.82, 2.24) is 0 Å². The third-order valence-corrected chi connectivity index (χ3v) is 7.95. The van der Waals surface area contributed by atoms with Gasteiger partial charge in [-0.15, -0.1) is 0 Å². The molecule has 0 aliphatic heterocycles. The molecule has 0 aliphatic carbocycles. The van der Waals surface area contributed by atoms with Crippen molar-refractivity contribution in [1.29, 1.82) is 0 Å². The molecular formula is C36H33N3O12. The Balaban J connectivity index is 1.40. The second-order valence-corrected chi connectivity index (χ2v) is 12.1. The molecule has 4 aromatic rings. The molecule has 15 nitrogen and oxygen atoms in total. The Morgan fingerprint density at radius 1 is 0.549 bits per heavy atom. The van der Waals surface area contributed by atoms with Gasteiger partial charge in [0.05, 0.1) is 38.1 Å². The van der Waals surface area contributed by atoms with Crippen LogP contribution in [0.25, 0.3) is 0 Å². The van der Waals surface area contributed by atoms with Crippen LogP contribution in [0.15, 0.2) is 91.0 Å². The molecule has 0 bridgehead atoms. The van der Waals surface area contributed by atoms with Gasteiger partial charge in [-0.05, 0) is 72.4 Å². The van der Waals surface area contributed by atoms with Gasteiger partial charge in [0.2, 0.25) is 0 Å². The second kappa shape index (κ2) is 16.7. The smallest absolute Gasteiger partial charge is 0.343 e. The van der Waals surface area contributed by atoms with E-state index in [2.05, 4.69) is 0 Å². The summed E-state index contributed by atoms with van der Waals surface area (Å²) >= 11 is 0. The van der Waals surface area contributed by atoms with Crippen LogP contribution in [-0.2, 0) is 10.2 Å². The Bertz CT molecular complexity index is 1830. The number of nitro groups is 3. The van der Waals surface area contributed by atoms with E-state index in [1.807, 2.05) is 13.8 Å². The Morgan fingerprint density at radius 3 is 1.31 bits per heavy atom. The number of ether oxygens (including phenoxy) is 3. The normalized spacial score (nSPS) is 10.9. The molecule has 4 aromatic carbocycles. The third kappa shape index (κ3) is 10.5.